The van der Waals surface area contributed by atoms with Gasteiger partial charge in [0.05, 0.1) is 39.0 Å². The van der Waals surface area contributed by atoms with Crippen LogP contribution in [0.2, 0.25) is 0 Å². The van der Waals surface area contributed by atoms with Crippen LogP contribution in [0.4, 0.5) is 0 Å². The fourth-order valence-electron chi connectivity index (χ4n) is 4.27. The number of hydrogen-bond donors (Lipinski definition) is 0. The Bertz CT molecular complexity index is 829. The second kappa shape index (κ2) is 9.91. The molecule has 0 aromatic carbocycles. The van der Waals surface area contributed by atoms with Crippen LogP contribution in [-0.4, -0.2) is 34.0 Å². The van der Waals surface area contributed by atoms with Crippen LogP contribution >= 0.6 is 0 Å². The molecule has 0 aliphatic heterocycles. The third-order valence-electron chi connectivity index (χ3n) is 6.17. The molecule has 0 atom stereocenters. The predicted molar refractivity (Wildman–Crippen MR) is 111 cm³/mol. The molecule has 8 heteroatoms. The Labute approximate surface area is 178 Å². The third kappa shape index (κ3) is 4.91. The molecule has 0 amide bonds. The van der Waals surface area contributed by atoms with Gasteiger partial charge >= 0.3 is 0 Å². The van der Waals surface area contributed by atoms with Crippen LogP contribution in [0.25, 0.3) is 0 Å². The van der Waals surface area contributed by atoms with Crippen LogP contribution in [-0.2, 0) is 27.2 Å². The van der Waals surface area contributed by atoms with E-state index in [-0.39, 0.29) is 11.8 Å². The average Bonchev–Trinajstić information content (AvgIpc) is 3.32. The van der Waals surface area contributed by atoms with E-state index in [0.717, 1.165) is 38.8 Å². The fourth-order valence-corrected chi connectivity index (χ4v) is 4.27. The van der Waals surface area contributed by atoms with Crippen molar-refractivity contribution in [3.63, 3.8) is 0 Å². The maximum absolute atomic E-state index is 12.5. The van der Waals surface area contributed by atoms with E-state index in [1.165, 1.54) is 0 Å². The summed E-state index contributed by atoms with van der Waals surface area (Å²) < 4.78 is 7.52. The predicted octanol–water partition coefficient (Wildman–Crippen LogP) is -0.301. The van der Waals surface area contributed by atoms with Crippen molar-refractivity contribution in [3.8, 4) is 0 Å². The Kier molecular flexibility index (Phi) is 7.29. The van der Waals surface area contributed by atoms with Crippen LogP contribution in [0.3, 0.4) is 0 Å². The van der Waals surface area contributed by atoms with E-state index in [4.69, 9.17) is 0 Å². The standard InChI is InChI=1S/C22H34N6O2/c1-5-27-13-11-25(3)21(27)19(29)23-15-17-7-9-18(10-8-17)16-24-20(30)22-26(4)12-14-28(22)6-2/h11-14,17-18H,5-10,15-16H2,1-4H3. The lowest BCUT2D eigenvalue weighted by Gasteiger charge is -2.27. The molecule has 1 aliphatic carbocycles. The zero-order chi connectivity index (χ0) is 21.7. The molecule has 2 aromatic heterocycles. The molecule has 30 heavy (non-hydrogen) atoms. The van der Waals surface area contributed by atoms with Crippen molar-refractivity contribution in [2.24, 2.45) is 35.9 Å². The summed E-state index contributed by atoms with van der Waals surface area (Å²) in [5.74, 6) is 1.86. The van der Waals surface area contributed by atoms with E-state index in [2.05, 4.69) is 9.98 Å². The van der Waals surface area contributed by atoms with Gasteiger partial charge in [0.25, 0.3) is 11.6 Å². The van der Waals surface area contributed by atoms with Gasteiger partial charge < -0.3 is 10.2 Å². The van der Waals surface area contributed by atoms with Gasteiger partial charge in [0, 0.05) is 13.1 Å². The second-order valence-electron chi connectivity index (χ2n) is 8.22. The molecule has 0 N–H and O–H groups in total. The molecular weight excluding hydrogens is 380 g/mol. The Morgan fingerprint density at radius 1 is 0.833 bits per heavy atom. The van der Waals surface area contributed by atoms with Crippen LogP contribution in [0.5, 0.6) is 0 Å². The highest BCUT2D eigenvalue weighted by atomic mass is 16.3. The Hall–Kier alpha value is -2.64. The highest BCUT2D eigenvalue weighted by Gasteiger charge is 2.22. The molecule has 1 fully saturated rings. The van der Waals surface area contributed by atoms with Gasteiger partial charge in [-0.3, -0.25) is 9.98 Å². The maximum atomic E-state index is 12.5. The molecule has 0 bridgehead atoms. The van der Waals surface area contributed by atoms with Crippen LogP contribution in [0.1, 0.15) is 51.2 Å². The van der Waals surface area contributed by atoms with E-state index >= 15 is 0 Å². The first-order valence-corrected chi connectivity index (χ1v) is 11.0. The van der Waals surface area contributed by atoms with Crippen LogP contribution in [0.15, 0.2) is 34.8 Å². The number of aryl methyl sites for hydroxylation is 4. The van der Waals surface area contributed by atoms with Crippen molar-refractivity contribution in [2.75, 3.05) is 13.1 Å². The summed E-state index contributed by atoms with van der Waals surface area (Å²) in [5, 5.41) is 25.0. The summed E-state index contributed by atoms with van der Waals surface area (Å²) in [6, 6.07) is 0. The van der Waals surface area contributed by atoms with Gasteiger partial charge in [0.15, 0.2) is 0 Å². The lowest BCUT2D eigenvalue weighted by molar-refractivity contribution is -0.674. The van der Waals surface area contributed by atoms with Gasteiger partial charge in [0.1, 0.15) is 24.8 Å². The van der Waals surface area contributed by atoms with Crippen molar-refractivity contribution in [1.82, 2.24) is 9.13 Å². The molecule has 2 aromatic rings. The topological polar surface area (TPSA) is 88.5 Å². The number of hydrogen-bond acceptors (Lipinski definition) is 4. The number of rotatable bonds is 8. The maximum Gasteiger partial charge on any atom is 0.291 e. The second-order valence-corrected chi connectivity index (χ2v) is 8.22. The first-order valence-electron chi connectivity index (χ1n) is 11.0. The molecule has 0 saturated heterocycles. The molecule has 2 heterocycles. The molecule has 8 nitrogen and oxygen atoms in total. The molecule has 1 aliphatic rings. The molecule has 1 saturated carbocycles. The van der Waals surface area contributed by atoms with Gasteiger partial charge in [-0.25, -0.2) is 18.3 Å². The SMILES string of the molecule is CCn1cc[n+](C)c1C([O-])=NCC1CCC(CN=C([O-])c2n(CC)cc[n+]2C)CC1. The van der Waals surface area contributed by atoms with Gasteiger partial charge in [-0.15, -0.1) is 0 Å². The lowest BCUT2D eigenvalue weighted by Crippen LogP contribution is -2.40. The summed E-state index contributed by atoms with van der Waals surface area (Å²) in [4.78, 5) is 8.72. The first-order chi connectivity index (χ1) is 14.4. The van der Waals surface area contributed by atoms with Gasteiger partial charge in [-0.1, -0.05) is 0 Å². The summed E-state index contributed by atoms with van der Waals surface area (Å²) in [7, 11) is 3.75. The van der Waals surface area contributed by atoms with Crippen molar-refractivity contribution in [2.45, 2.75) is 52.6 Å². The zero-order valence-corrected chi connectivity index (χ0v) is 18.6. The molecule has 0 spiro atoms. The Balaban J connectivity index is 1.51. The normalized spacial score (nSPS) is 20.7. The van der Waals surface area contributed by atoms with E-state index < -0.39 is 0 Å². The fraction of sp³-hybridized carbons (Fsp3) is 0.636. The number of aliphatic imine (C=N–C) groups is 2. The van der Waals surface area contributed by atoms with Crippen molar-refractivity contribution in [1.29, 1.82) is 0 Å². The summed E-state index contributed by atoms with van der Waals surface area (Å²) >= 11 is 0. The summed E-state index contributed by atoms with van der Waals surface area (Å²) in [6.45, 7) is 6.71. The van der Waals surface area contributed by atoms with Gasteiger partial charge in [-0.05, 0) is 51.4 Å². The third-order valence-corrected chi connectivity index (χ3v) is 6.17. The van der Waals surface area contributed by atoms with Crippen molar-refractivity contribution in [3.05, 3.63) is 36.4 Å². The summed E-state index contributed by atoms with van der Waals surface area (Å²) in [5.41, 5.74) is 0. The quantitative estimate of drug-likeness (QED) is 0.337. The highest BCUT2D eigenvalue weighted by molar-refractivity contribution is 5.85. The van der Waals surface area contributed by atoms with Crippen molar-refractivity contribution < 1.29 is 19.3 Å². The Morgan fingerprint density at radius 3 is 1.53 bits per heavy atom. The number of nitrogens with zero attached hydrogens (tertiary/aromatic N) is 6. The van der Waals surface area contributed by atoms with E-state index in [0.29, 0.717) is 36.6 Å². The minimum absolute atomic E-state index is 0.140. The van der Waals surface area contributed by atoms with Crippen LogP contribution in [0, 0.1) is 11.8 Å². The van der Waals surface area contributed by atoms with Gasteiger partial charge in [-0.2, -0.15) is 0 Å². The minimum atomic E-state index is -0.140. The molecule has 0 unspecified atom stereocenters. The molecule has 0 radical (unpaired) electrons. The van der Waals surface area contributed by atoms with E-state index in [1.54, 1.807) is 0 Å². The number of imidazole rings is 2. The smallest absolute Gasteiger partial charge is 0.291 e. The summed E-state index contributed by atoms with van der Waals surface area (Å²) in [6.07, 6.45) is 11.7. The first kappa shape index (κ1) is 22.1. The van der Waals surface area contributed by atoms with Crippen LogP contribution < -0.4 is 19.3 Å². The average molecular weight is 415 g/mol. The molecule has 164 valence electrons. The molecular formula is C22H34N6O2. The monoisotopic (exact) mass is 414 g/mol. The lowest BCUT2D eigenvalue weighted by atomic mass is 9.82. The molecule has 3 rings (SSSR count). The largest absolute Gasteiger partial charge is 0.853 e. The van der Waals surface area contributed by atoms with Crippen molar-refractivity contribution >= 4 is 11.8 Å². The van der Waals surface area contributed by atoms with E-state index in [9.17, 15) is 10.2 Å². The van der Waals surface area contributed by atoms with E-state index in [1.807, 2.05) is 71.0 Å². The highest BCUT2D eigenvalue weighted by Crippen LogP contribution is 2.29. The van der Waals surface area contributed by atoms with Gasteiger partial charge in [0.2, 0.25) is 0 Å². The number of aromatic nitrogens is 4. The zero-order valence-electron chi connectivity index (χ0n) is 18.6. The Morgan fingerprint density at radius 2 is 1.20 bits per heavy atom. The minimum Gasteiger partial charge on any atom is -0.853 e.